The zero-order chi connectivity index (χ0) is 17.2. The normalized spacial score (nSPS) is 12.9. The Morgan fingerprint density at radius 3 is 2.52 bits per heavy atom. The molecule has 0 fully saturated rings. The van der Waals surface area contributed by atoms with E-state index in [0.717, 1.165) is 18.4 Å². The van der Waals surface area contributed by atoms with E-state index in [1.54, 1.807) is 6.92 Å². The molecule has 2 aromatic rings. The molecule has 0 unspecified atom stereocenters. The van der Waals surface area contributed by atoms with Gasteiger partial charge in [-0.3, -0.25) is 4.79 Å². The smallest absolute Gasteiger partial charge is 0.287 e. The zero-order valence-corrected chi connectivity index (χ0v) is 13.3. The molecule has 1 heterocycles. The van der Waals surface area contributed by atoms with Crippen molar-refractivity contribution >= 4 is 15.7 Å². The summed E-state index contributed by atoms with van der Waals surface area (Å²) in [7, 11) is -3.27. The van der Waals surface area contributed by atoms with Gasteiger partial charge < -0.3 is 9.73 Å². The lowest BCUT2D eigenvalue weighted by atomic mass is 10.1. The van der Waals surface area contributed by atoms with Crippen LogP contribution in [0.1, 0.15) is 34.8 Å². The number of hydrogen-bond acceptors (Lipinski definition) is 4. The fourth-order valence-corrected chi connectivity index (χ4v) is 2.64. The second-order valence-electron chi connectivity index (χ2n) is 5.20. The average Bonchev–Trinajstić information content (AvgIpc) is 2.88. The topological polar surface area (TPSA) is 76.4 Å². The van der Waals surface area contributed by atoms with Crippen molar-refractivity contribution in [1.82, 2.24) is 5.32 Å². The molecule has 0 aliphatic carbocycles. The Balaban J connectivity index is 2.07. The fourth-order valence-electron chi connectivity index (χ4n) is 1.97. The Kier molecular flexibility index (Phi) is 4.84. The molecule has 0 bridgehead atoms. The van der Waals surface area contributed by atoms with Crippen LogP contribution in [0.15, 0.2) is 34.7 Å². The second kappa shape index (κ2) is 6.49. The molecule has 1 amide bonds. The third-order valence-corrected chi connectivity index (χ3v) is 3.89. The highest BCUT2D eigenvalue weighted by Gasteiger charge is 2.17. The average molecular weight is 343 g/mol. The van der Waals surface area contributed by atoms with E-state index < -0.39 is 33.4 Å². The summed E-state index contributed by atoms with van der Waals surface area (Å²) in [5, 5.41) is 2.56. The van der Waals surface area contributed by atoms with E-state index in [-0.39, 0.29) is 17.3 Å². The number of halogens is 2. The summed E-state index contributed by atoms with van der Waals surface area (Å²) in [4.78, 5) is 12.0. The van der Waals surface area contributed by atoms with Gasteiger partial charge in [0.1, 0.15) is 11.5 Å². The van der Waals surface area contributed by atoms with Gasteiger partial charge in [0.15, 0.2) is 27.2 Å². The summed E-state index contributed by atoms with van der Waals surface area (Å²) < 4.78 is 53.6. The van der Waals surface area contributed by atoms with Gasteiger partial charge in [0.25, 0.3) is 5.91 Å². The van der Waals surface area contributed by atoms with E-state index in [2.05, 4.69) is 5.32 Å². The van der Waals surface area contributed by atoms with Crippen molar-refractivity contribution in [3.8, 4) is 0 Å². The van der Waals surface area contributed by atoms with Crippen LogP contribution in [0.4, 0.5) is 8.78 Å². The first-order chi connectivity index (χ1) is 10.7. The molecule has 0 radical (unpaired) electrons. The van der Waals surface area contributed by atoms with Crippen LogP contribution < -0.4 is 5.32 Å². The highest BCUT2D eigenvalue weighted by Crippen LogP contribution is 2.17. The number of carbonyl (C=O) groups is 1. The Morgan fingerprint density at radius 2 is 1.91 bits per heavy atom. The van der Waals surface area contributed by atoms with Crippen LogP contribution in [-0.2, 0) is 15.6 Å². The minimum absolute atomic E-state index is 0.0573. The minimum Gasteiger partial charge on any atom is -0.455 e. The van der Waals surface area contributed by atoms with Crippen molar-refractivity contribution in [3.05, 3.63) is 59.1 Å². The van der Waals surface area contributed by atoms with E-state index in [4.69, 9.17) is 4.42 Å². The van der Waals surface area contributed by atoms with Crippen molar-refractivity contribution in [2.24, 2.45) is 0 Å². The molecule has 0 saturated carbocycles. The maximum absolute atomic E-state index is 13.2. The molecular formula is C15H15F2NO4S. The fraction of sp³-hybridized carbons (Fsp3) is 0.267. The Labute approximate surface area is 132 Å². The first-order valence-electron chi connectivity index (χ1n) is 6.68. The largest absolute Gasteiger partial charge is 0.455 e. The third kappa shape index (κ3) is 4.62. The maximum Gasteiger partial charge on any atom is 0.287 e. The molecule has 1 N–H and O–H groups in total. The van der Waals surface area contributed by atoms with Crippen LogP contribution in [0.5, 0.6) is 0 Å². The van der Waals surface area contributed by atoms with Crippen LogP contribution in [0.2, 0.25) is 0 Å². The van der Waals surface area contributed by atoms with Gasteiger partial charge in [-0.1, -0.05) is 6.07 Å². The summed E-state index contributed by atoms with van der Waals surface area (Å²) in [5.41, 5.74) is 0.389. The van der Waals surface area contributed by atoms with Crippen molar-refractivity contribution < 1.29 is 26.4 Å². The monoisotopic (exact) mass is 343 g/mol. The van der Waals surface area contributed by atoms with E-state index >= 15 is 0 Å². The van der Waals surface area contributed by atoms with E-state index in [0.29, 0.717) is 5.56 Å². The number of amides is 1. The van der Waals surface area contributed by atoms with E-state index in [1.165, 1.54) is 18.2 Å². The van der Waals surface area contributed by atoms with Crippen molar-refractivity contribution in [3.63, 3.8) is 0 Å². The lowest BCUT2D eigenvalue weighted by molar-refractivity contribution is 0.0910. The highest BCUT2D eigenvalue weighted by atomic mass is 32.2. The molecule has 2 rings (SSSR count). The van der Waals surface area contributed by atoms with Gasteiger partial charge in [-0.2, -0.15) is 0 Å². The van der Waals surface area contributed by atoms with Gasteiger partial charge in [-0.05, 0) is 36.8 Å². The van der Waals surface area contributed by atoms with Gasteiger partial charge in [0, 0.05) is 6.26 Å². The SMILES string of the molecule is C[C@@H](NC(=O)c1ccc(CS(C)(=O)=O)o1)c1ccc(F)c(F)c1. The molecule has 0 saturated heterocycles. The van der Waals surface area contributed by atoms with E-state index in [1.807, 2.05) is 0 Å². The standard InChI is InChI=1S/C15H15F2NO4S/c1-9(10-3-5-12(16)13(17)7-10)18-15(19)14-6-4-11(22-14)8-23(2,20)21/h3-7,9H,8H2,1-2H3,(H,18,19)/t9-/m1/s1. The number of sulfone groups is 1. The van der Waals surface area contributed by atoms with Crippen LogP contribution in [0.3, 0.4) is 0 Å². The highest BCUT2D eigenvalue weighted by molar-refractivity contribution is 7.89. The maximum atomic E-state index is 13.2. The van der Waals surface area contributed by atoms with Crippen LogP contribution in [-0.4, -0.2) is 20.6 Å². The minimum atomic E-state index is -3.27. The molecule has 23 heavy (non-hydrogen) atoms. The first kappa shape index (κ1) is 17.1. The summed E-state index contributed by atoms with van der Waals surface area (Å²) in [6, 6.07) is 5.51. The number of furan rings is 1. The quantitative estimate of drug-likeness (QED) is 0.905. The van der Waals surface area contributed by atoms with Crippen LogP contribution >= 0.6 is 0 Å². The van der Waals surface area contributed by atoms with Crippen molar-refractivity contribution in [2.75, 3.05) is 6.26 Å². The summed E-state index contributed by atoms with van der Waals surface area (Å²) in [6.07, 6.45) is 1.06. The molecule has 1 aromatic heterocycles. The second-order valence-corrected chi connectivity index (χ2v) is 7.34. The van der Waals surface area contributed by atoms with Gasteiger partial charge >= 0.3 is 0 Å². The molecule has 1 aromatic carbocycles. The van der Waals surface area contributed by atoms with Crippen LogP contribution in [0, 0.1) is 11.6 Å². The zero-order valence-electron chi connectivity index (χ0n) is 12.5. The number of hydrogen-bond donors (Lipinski definition) is 1. The number of benzene rings is 1. The summed E-state index contributed by atoms with van der Waals surface area (Å²) in [6.45, 7) is 1.60. The van der Waals surface area contributed by atoms with E-state index in [9.17, 15) is 22.0 Å². The number of rotatable bonds is 5. The molecule has 8 heteroatoms. The van der Waals surface area contributed by atoms with Gasteiger partial charge in [0.05, 0.1) is 6.04 Å². The Bertz CT molecular complexity index is 830. The Morgan fingerprint density at radius 1 is 1.22 bits per heavy atom. The molecular weight excluding hydrogens is 328 g/mol. The lowest BCUT2D eigenvalue weighted by Gasteiger charge is -2.13. The Hall–Kier alpha value is -2.22. The third-order valence-electron chi connectivity index (χ3n) is 3.08. The van der Waals surface area contributed by atoms with Crippen molar-refractivity contribution in [2.45, 2.75) is 18.7 Å². The van der Waals surface area contributed by atoms with Gasteiger partial charge in [-0.15, -0.1) is 0 Å². The predicted molar refractivity (Wildman–Crippen MR) is 79.5 cm³/mol. The molecule has 124 valence electrons. The number of carbonyl (C=O) groups excluding carboxylic acids is 1. The summed E-state index contributed by atoms with van der Waals surface area (Å²) >= 11 is 0. The first-order valence-corrected chi connectivity index (χ1v) is 8.74. The summed E-state index contributed by atoms with van der Waals surface area (Å²) in [5.74, 6) is -2.77. The predicted octanol–water partition coefficient (Wildman–Crippen LogP) is 2.59. The molecule has 5 nitrogen and oxygen atoms in total. The molecule has 0 aliphatic heterocycles. The van der Waals surface area contributed by atoms with Crippen LogP contribution in [0.25, 0.3) is 0 Å². The van der Waals surface area contributed by atoms with Crippen molar-refractivity contribution in [1.29, 1.82) is 0 Å². The molecule has 0 aliphatic rings. The van der Waals surface area contributed by atoms with Gasteiger partial charge in [-0.25, -0.2) is 17.2 Å². The van der Waals surface area contributed by atoms with Gasteiger partial charge in [0.2, 0.25) is 0 Å². The molecule has 1 atom stereocenters. The molecule has 0 spiro atoms. The lowest BCUT2D eigenvalue weighted by Crippen LogP contribution is -2.26. The number of nitrogens with one attached hydrogen (secondary N) is 1.